The van der Waals surface area contributed by atoms with Gasteiger partial charge in [0.1, 0.15) is 5.75 Å². The van der Waals surface area contributed by atoms with Crippen LogP contribution in [0.25, 0.3) is 22.3 Å². The van der Waals surface area contributed by atoms with Gasteiger partial charge in [0.2, 0.25) is 0 Å². The molecule has 2 heterocycles. The van der Waals surface area contributed by atoms with Crippen LogP contribution < -0.4 is 4.74 Å². The molecule has 7 heteroatoms. The van der Waals surface area contributed by atoms with Crippen LogP contribution in [0.4, 0.5) is 0 Å². The van der Waals surface area contributed by atoms with Crippen molar-refractivity contribution in [2.75, 3.05) is 14.2 Å². The second-order valence-electron chi connectivity index (χ2n) is 5.66. The lowest BCUT2D eigenvalue weighted by Gasteiger charge is -2.10. The summed E-state index contributed by atoms with van der Waals surface area (Å²) >= 11 is 0. The molecule has 0 aliphatic rings. The number of hydrogen-bond acceptors (Lipinski definition) is 6. The molecule has 0 bridgehead atoms. The van der Waals surface area contributed by atoms with Gasteiger partial charge in [0.25, 0.3) is 0 Å². The molecule has 3 aromatic rings. The van der Waals surface area contributed by atoms with Crippen molar-refractivity contribution in [3.05, 3.63) is 41.6 Å². The van der Waals surface area contributed by atoms with Crippen LogP contribution in [0.1, 0.15) is 22.5 Å². The summed E-state index contributed by atoms with van der Waals surface area (Å²) in [6.07, 6.45) is 0.296. The zero-order valence-electron chi connectivity index (χ0n) is 14.8. The molecule has 0 N–H and O–H groups in total. The van der Waals surface area contributed by atoms with Crippen LogP contribution in [-0.4, -0.2) is 35.0 Å². The third-order valence-electron chi connectivity index (χ3n) is 4.10. The quantitative estimate of drug-likeness (QED) is 0.657. The van der Waals surface area contributed by atoms with Crippen molar-refractivity contribution < 1.29 is 14.3 Å². The van der Waals surface area contributed by atoms with E-state index in [0.29, 0.717) is 46.7 Å². The molecule has 0 aliphatic heterocycles. The van der Waals surface area contributed by atoms with Crippen molar-refractivity contribution >= 4 is 17.0 Å². The van der Waals surface area contributed by atoms with Crippen LogP contribution in [0, 0.1) is 18.3 Å². The van der Waals surface area contributed by atoms with Gasteiger partial charge in [-0.3, -0.25) is 0 Å². The minimum absolute atomic E-state index is 0.296. The number of nitriles is 1. The number of aryl methyl sites for hydroxylation is 2. The molecule has 0 unspecified atom stereocenters. The van der Waals surface area contributed by atoms with E-state index >= 15 is 0 Å². The Labute approximate surface area is 150 Å². The second kappa shape index (κ2) is 7.23. The number of fused-ring (bicyclic) bond motifs is 1. The molecule has 26 heavy (non-hydrogen) atoms. The molecule has 132 valence electrons. The molecule has 0 spiro atoms. The monoisotopic (exact) mass is 350 g/mol. The van der Waals surface area contributed by atoms with E-state index in [4.69, 9.17) is 19.7 Å². The summed E-state index contributed by atoms with van der Waals surface area (Å²) in [6, 6.07) is 11.2. The Balaban J connectivity index is 2.31. The second-order valence-corrected chi connectivity index (χ2v) is 5.66. The Morgan fingerprint density at radius 1 is 1.31 bits per heavy atom. The van der Waals surface area contributed by atoms with E-state index in [-0.39, 0.29) is 0 Å². The molecule has 0 saturated carbocycles. The molecule has 0 aliphatic carbocycles. The number of benzene rings is 1. The molecule has 0 atom stereocenters. The van der Waals surface area contributed by atoms with Gasteiger partial charge in [0.15, 0.2) is 5.65 Å². The summed E-state index contributed by atoms with van der Waals surface area (Å²) in [5, 5.41) is 14.0. The number of methoxy groups -OCH3 is 2. The van der Waals surface area contributed by atoms with Gasteiger partial charge in [0, 0.05) is 5.56 Å². The van der Waals surface area contributed by atoms with Crippen molar-refractivity contribution in [3.8, 4) is 23.1 Å². The molecule has 0 amide bonds. The van der Waals surface area contributed by atoms with Crippen LogP contribution >= 0.6 is 0 Å². The van der Waals surface area contributed by atoms with Crippen LogP contribution in [0.3, 0.4) is 0 Å². The first-order valence-corrected chi connectivity index (χ1v) is 8.07. The predicted molar refractivity (Wildman–Crippen MR) is 95.8 cm³/mol. The topological polar surface area (TPSA) is 90.0 Å². The number of ether oxygens (including phenoxy) is 2. The number of carbonyl (C=O) groups is 1. The van der Waals surface area contributed by atoms with E-state index in [2.05, 4.69) is 11.2 Å². The van der Waals surface area contributed by atoms with E-state index in [9.17, 15) is 4.79 Å². The lowest BCUT2D eigenvalue weighted by atomic mass is 10.0. The van der Waals surface area contributed by atoms with Gasteiger partial charge in [-0.15, -0.1) is 0 Å². The van der Waals surface area contributed by atoms with E-state index < -0.39 is 5.97 Å². The molecular weight excluding hydrogens is 332 g/mol. The Kier molecular flexibility index (Phi) is 4.85. The highest BCUT2D eigenvalue weighted by molar-refractivity contribution is 6.05. The Morgan fingerprint density at radius 3 is 2.77 bits per heavy atom. The first kappa shape index (κ1) is 17.4. The fourth-order valence-electron chi connectivity index (χ4n) is 2.93. The first-order chi connectivity index (χ1) is 12.6. The fourth-order valence-corrected chi connectivity index (χ4v) is 2.93. The van der Waals surface area contributed by atoms with Gasteiger partial charge in [0.05, 0.1) is 55.6 Å². The van der Waals surface area contributed by atoms with Gasteiger partial charge in [-0.1, -0.05) is 12.1 Å². The van der Waals surface area contributed by atoms with Crippen molar-refractivity contribution in [2.24, 2.45) is 0 Å². The zero-order chi connectivity index (χ0) is 18.7. The third-order valence-corrected chi connectivity index (χ3v) is 4.10. The molecule has 0 saturated heterocycles. The van der Waals surface area contributed by atoms with Gasteiger partial charge in [-0.2, -0.15) is 10.4 Å². The number of hydrogen-bond donors (Lipinski definition) is 0. The average molecular weight is 350 g/mol. The number of nitrogens with zero attached hydrogens (tertiary/aromatic N) is 4. The number of esters is 1. The molecule has 2 aromatic heterocycles. The standard InChI is InChI=1S/C19H18N4O3/c1-12-17-14(19(24)26-3)11-15(13-7-4-5-8-16(13)25-2)21-18(17)23(22-12)10-6-9-20/h4-5,7-8,11H,6,10H2,1-3H3. The third kappa shape index (κ3) is 2.97. The lowest BCUT2D eigenvalue weighted by molar-refractivity contribution is 0.0603. The molecule has 7 nitrogen and oxygen atoms in total. The van der Waals surface area contributed by atoms with E-state index in [1.165, 1.54) is 7.11 Å². The fraction of sp³-hybridized carbons (Fsp3) is 0.263. The summed E-state index contributed by atoms with van der Waals surface area (Å²) in [4.78, 5) is 17.1. The Bertz CT molecular complexity index is 1020. The van der Waals surface area contributed by atoms with E-state index in [0.717, 1.165) is 5.56 Å². The first-order valence-electron chi connectivity index (χ1n) is 8.07. The van der Waals surface area contributed by atoms with Gasteiger partial charge >= 0.3 is 5.97 Å². The number of carbonyl (C=O) groups excluding carboxylic acids is 1. The van der Waals surface area contributed by atoms with Gasteiger partial charge < -0.3 is 9.47 Å². The maximum absolute atomic E-state index is 12.4. The summed E-state index contributed by atoms with van der Waals surface area (Å²) in [6.45, 7) is 2.20. The highest BCUT2D eigenvalue weighted by Crippen LogP contribution is 2.32. The maximum atomic E-state index is 12.4. The summed E-state index contributed by atoms with van der Waals surface area (Å²) in [5.41, 5.74) is 2.93. The number of aromatic nitrogens is 3. The predicted octanol–water partition coefficient (Wildman–Crippen LogP) is 3.12. The van der Waals surface area contributed by atoms with Crippen molar-refractivity contribution in [3.63, 3.8) is 0 Å². The normalized spacial score (nSPS) is 10.5. The number of para-hydroxylation sites is 1. The molecule has 0 radical (unpaired) electrons. The highest BCUT2D eigenvalue weighted by atomic mass is 16.5. The minimum Gasteiger partial charge on any atom is -0.496 e. The van der Waals surface area contributed by atoms with E-state index in [1.54, 1.807) is 17.9 Å². The number of rotatable bonds is 5. The Morgan fingerprint density at radius 2 is 2.08 bits per heavy atom. The van der Waals surface area contributed by atoms with Crippen LogP contribution in [0.15, 0.2) is 30.3 Å². The maximum Gasteiger partial charge on any atom is 0.338 e. The Hall–Kier alpha value is -3.40. The van der Waals surface area contributed by atoms with Crippen LogP contribution in [-0.2, 0) is 11.3 Å². The molecule has 1 aromatic carbocycles. The zero-order valence-corrected chi connectivity index (χ0v) is 14.8. The van der Waals surface area contributed by atoms with Gasteiger partial charge in [-0.25, -0.2) is 14.5 Å². The minimum atomic E-state index is -0.462. The number of pyridine rings is 1. The SMILES string of the molecule is COC(=O)c1cc(-c2ccccc2OC)nc2c1c(C)nn2CCC#N. The summed E-state index contributed by atoms with van der Waals surface area (Å²) in [7, 11) is 2.92. The lowest BCUT2D eigenvalue weighted by Crippen LogP contribution is -2.06. The van der Waals surface area contributed by atoms with Crippen molar-refractivity contribution in [2.45, 2.75) is 19.9 Å². The molecule has 0 fully saturated rings. The van der Waals surface area contributed by atoms with Gasteiger partial charge in [-0.05, 0) is 25.1 Å². The summed E-state index contributed by atoms with van der Waals surface area (Å²) in [5.74, 6) is 0.187. The average Bonchev–Trinajstić information content (AvgIpc) is 3.00. The summed E-state index contributed by atoms with van der Waals surface area (Å²) < 4.78 is 12.0. The van der Waals surface area contributed by atoms with Crippen LogP contribution in [0.5, 0.6) is 5.75 Å². The van der Waals surface area contributed by atoms with Crippen molar-refractivity contribution in [1.82, 2.24) is 14.8 Å². The highest BCUT2D eigenvalue weighted by Gasteiger charge is 2.21. The van der Waals surface area contributed by atoms with E-state index in [1.807, 2.05) is 31.2 Å². The molecule has 3 rings (SSSR count). The van der Waals surface area contributed by atoms with Crippen LogP contribution in [0.2, 0.25) is 0 Å². The smallest absolute Gasteiger partial charge is 0.338 e. The largest absolute Gasteiger partial charge is 0.496 e. The molecular formula is C19H18N4O3. The van der Waals surface area contributed by atoms with Crippen molar-refractivity contribution in [1.29, 1.82) is 5.26 Å².